The van der Waals surface area contributed by atoms with Gasteiger partial charge in [0, 0.05) is 18.6 Å². The van der Waals surface area contributed by atoms with Crippen molar-refractivity contribution in [2.24, 2.45) is 0 Å². The molecule has 0 amide bonds. The minimum atomic E-state index is -0.981. The Labute approximate surface area is 103 Å². The Bertz CT molecular complexity index is 663. The molecule has 0 fully saturated rings. The van der Waals surface area contributed by atoms with Crippen LogP contribution in [0.5, 0.6) is 0 Å². The van der Waals surface area contributed by atoms with Crippen LogP contribution in [0, 0.1) is 0 Å². The fourth-order valence-corrected chi connectivity index (χ4v) is 1.97. The molecule has 3 aromatic rings. The number of rotatable bonds is 3. The number of furan rings is 1. The van der Waals surface area contributed by atoms with Crippen LogP contribution in [-0.4, -0.2) is 16.1 Å². The number of aromatic carboxylic acids is 1. The first-order chi connectivity index (χ1) is 8.72. The van der Waals surface area contributed by atoms with Crippen LogP contribution in [-0.2, 0) is 6.42 Å². The number of hydrogen-bond donors (Lipinski definition) is 2. The van der Waals surface area contributed by atoms with Gasteiger partial charge in [0.15, 0.2) is 5.58 Å². The molecule has 0 aliphatic heterocycles. The van der Waals surface area contributed by atoms with Crippen LogP contribution in [0.3, 0.4) is 0 Å². The lowest BCUT2D eigenvalue weighted by Crippen LogP contribution is -1.95. The first kappa shape index (κ1) is 10.7. The van der Waals surface area contributed by atoms with E-state index in [2.05, 4.69) is 4.98 Å². The van der Waals surface area contributed by atoms with E-state index in [1.165, 1.54) is 6.07 Å². The third kappa shape index (κ3) is 1.88. The van der Waals surface area contributed by atoms with E-state index in [0.717, 1.165) is 16.8 Å². The van der Waals surface area contributed by atoms with Crippen LogP contribution in [0.1, 0.15) is 21.8 Å². The molecule has 3 rings (SSSR count). The summed E-state index contributed by atoms with van der Waals surface area (Å²) in [5.41, 5.74) is 2.61. The lowest BCUT2D eigenvalue weighted by Gasteiger charge is -1.96. The van der Waals surface area contributed by atoms with Crippen molar-refractivity contribution in [1.82, 2.24) is 4.98 Å². The molecule has 0 radical (unpaired) electrons. The minimum absolute atomic E-state index is 0.148. The van der Waals surface area contributed by atoms with E-state index >= 15 is 0 Å². The Morgan fingerprint density at radius 2 is 2.00 bits per heavy atom. The molecular weight excluding hydrogens is 230 g/mol. The zero-order valence-corrected chi connectivity index (χ0v) is 9.51. The molecule has 0 atom stereocenters. The van der Waals surface area contributed by atoms with Crippen LogP contribution in [0.4, 0.5) is 0 Å². The number of nitrogens with one attached hydrogen (secondary N) is 1. The molecule has 0 unspecified atom stereocenters. The van der Waals surface area contributed by atoms with Crippen molar-refractivity contribution in [2.45, 2.75) is 6.42 Å². The highest BCUT2D eigenvalue weighted by Crippen LogP contribution is 2.22. The van der Waals surface area contributed by atoms with Gasteiger partial charge in [0.05, 0.1) is 5.52 Å². The molecule has 0 bridgehead atoms. The number of carboxylic acids is 1. The second-order valence-corrected chi connectivity index (χ2v) is 4.14. The summed E-state index contributed by atoms with van der Waals surface area (Å²) in [4.78, 5) is 13.6. The molecule has 0 saturated heterocycles. The van der Waals surface area contributed by atoms with Gasteiger partial charge in [-0.15, -0.1) is 0 Å². The predicted octanol–water partition coefficient (Wildman–Crippen LogP) is 3.05. The molecule has 90 valence electrons. The van der Waals surface area contributed by atoms with Gasteiger partial charge in [0.1, 0.15) is 11.5 Å². The van der Waals surface area contributed by atoms with Crippen LogP contribution in [0.15, 0.2) is 46.9 Å². The van der Waals surface area contributed by atoms with Gasteiger partial charge >= 0.3 is 5.97 Å². The molecule has 1 aromatic carbocycles. The van der Waals surface area contributed by atoms with Crippen molar-refractivity contribution in [1.29, 1.82) is 0 Å². The summed E-state index contributed by atoms with van der Waals surface area (Å²) in [7, 11) is 0. The Kier molecular flexibility index (Phi) is 2.41. The number of fused-ring (bicyclic) bond motifs is 1. The van der Waals surface area contributed by atoms with Crippen molar-refractivity contribution < 1.29 is 14.3 Å². The van der Waals surface area contributed by atoms with Crippen LogP contribution >= 0.6 is 0 Å². The van der Waals surface area contributed by atoms with E-state index in [-0.39, 0.29) is 5.69 Å². The Morgan fingerprint density at radius 3 is 2.67 bits per heavy atom. The molecule has 0 spiro atoms. The van der Waals surface area contributed by atoms with E-state index in [1.807, 2.05) is 36.4 Å². The van der Waals surface area contributed by atoms with E-state index < -0.39 is 5.97 Å². The van der Waals surface area contributed by atoms with Gasteiger partial charge in [-0.1, -0.05) is 30.3 Å². The number of hydrogen-bond acceptors (Lipinski definition) is 2. The van der Waals surface area contributed by atoms with Crippen LogP contribution in [0.25, 0.3) is 11.1 Å². The van der Waals surface area contributed by atoms with Gasteiger partial charge in [-0.2, -0.15) is 0 Å². The lowest BCUT2D eigenvalue weighted by molar-refractivity contribution is 0.0691. The number of benzene rings is 1. The molecule has 0 saturated carbocycles. The van der Waals surface area contributed by atoms with E-state index in [9.17, 15) is 4.79 Å². The standard InChI is InChI=1S/C14H11NO3/c16-14(17)12-8-13-11(15-12)7-10(18-13)6-9-4-2-1-3-5-9/h1-5,7-8,15H,6H2,(H,16,17). The number of carboxylic acid groups (broad SMARTS) is 1. The molecule has 2 N–H and O–H groups in total. The number of H-pyrrole nitrogens is 1. The summed E-state index contributed by atoms with van der Waals surface area (Å²) in [5, 5.41) is 8.84. The molecule has 4 nitrogen and oxygen atoms in total. The quantitative estimate of drug-likeness (QED) is 0.740. The van der Waals surface area contributed by atoms with Gasteiger partial charge in [0.25, 0.3) is 0 Å². The molecule has 2 heterocycles. The average molecular weight is 241 g/mol. The summed E-state index contributed by atoms with van der Waals surface area (Å²) in [6.45, 7) is 0. The molecule has 0 aliphatic rings. The maximum Gasteiger partial charge on any atom is 0.352 e. The van der Waals surface area contributed by atoms with E-state index in [4.69, 9.17) is 9.52 Å². The van der Waals surface area contributed by atoms with Crippen molar-refractivity contribution in [3.63, 3.8) is 0 Å². The second-order valence-electron chi connectivity index (χ2n) is 4.14. The normalized spacial score (nSPS) is 10.9. The van der Waals surface area contributed by atoms with E-state index in [1.54, 1.807) is 0 Å². The fraction of sp³-hybridized carbons (Fsp3) is 0.0714. The zero-order valence-electron chi connectivity index (χ0n) is 9.51. The van der Waals surface area contributed by atoms with Gasteiger partial charge in [-0.3, -0.25) is 0 Å². The van der Waals surface area contributed by atoms with Crippen molar-refractivity contribution in [3.05, 3.63) is 59.5 Å². The largest absolute Gasteiger partial charge is 0.477 e. The third-order valence-corrected chi connectivity index (χ3v) is 2.81. The first-order valence-electron chi connectivity index (χ1n) is 5.61. The summed E-state index contributed by atoms with van der Waals surface area (Å²) in [6, 6.07) is 13.3. The molecule has 2 aromatic heterocycles. The van der Waals surface area contributed by atoms with Crippen LogP contribution < -0.4 is 0 Å². The number of carbonyl (C=O) groups is 1. The van der Waals surface area contributed by atoms with Crippen molar-refractivity contribution in [2.75, 3.05) is 0 Å². The predicted molar refractivity (Wildman–Crippen MR) is 66.8 cm³/mol. The molecular formula is C14H11NO3. The van der Waals surface area contributed by atoms with Crippen molar-refractivity contribution >= 4 is 17.1 Å². The summed E-state index contributed by atoms with van der Waals surface area (Å²) >= 11 is 0. The third-order valence-electron chi connectivity index (χ3n) is 2.81. The molecule has 4 heteroatoms. The first-order valence-corrected chi connectivity index (χ1v) is 5.61. The van der Waals surface area contributed by atoms with Crippen LogP contribution in [0.2, 0.25) is 0 Å². The second kappa shape index (κ2) is 4.07. The maximum absolute atomic E-state index is 10.8. The highest BCUT2D eigenvalue weighted by atomic mass is 16.4. The topological polar surface area (TPSA) is 66.2 Å². The Balaban J connectivity index is 1.90. The number of aromatic amines is 1. The van der Waals surface area contributed by atoms with Gasteiger partial charge in [-0.25, -0.2) is 4.79 Å². The Morgan fingerprint density at radius 1 is 1.22 bits per heavy atom. The van der Waals surface area contributed by atoms with E-state index in [0.29, 0.717) is 12.0 Å². The molecule has 18 heavy (non-hydrogen) atoms. The average Bonchev–Trinajstić information content (AvgIpc) is 2.88. The molecule has 0 aliphatic carbocycles. The number of aromatic nitrogens is 1. The van der Waals surface area contributed by atoms with Gasteiger partial charge in [0.2, 0.25) is 0 Å². The SMILES string of the molecule is O=C(O)c1cc2oc(Cc3ccccc3)cc2[nH]1. The van der Waals surface area contributed by atoms with Gasteiger partial charge < -0.3 is 14.5 Å². The maximum atomic E-state index is 10.8. The van der Waals surface area contributed by atoms with Crippen molar-refractivity contribution in [3.8, 4) is 0 Å². The monoisotopic (exact) mass is 241 g/mol. The smallest absolute Gasteiger partial charge is 0.352 e. The van der Waals surface area contributed by atoms with Gasteiger partial charge in [-0.05, 0) is 5.56 Å². The summed E-state index contributed by atoms with van der Waals surface area (Å²) in [6.07, 6.45) is 0.700. The Hall–Kier alpha value is -2.49. The lowest BCUT2D eigenvalue weighted by atomic mass is 10.1. The zero-order chi connectivity index (χ0) is 12.5. The fourth-order valence-electron chi connectivity index (χ4n) is 1.97. The highest BCUT2D eigenvalue weighted by Gasteiger charge is 2.11. The highest BCUT2D eigenvalue weighted by molar-refractivity contribution is 5.92. The minimum Gasteiger partial charge on any atom is -0.477 e. The summed E-state index contributed by atoms with van der Waals surface area (Å²) < 4.78 is 5.61. The summed E-state index contributed by atoms with van der Waals surface area (Å²) in [5.74, 6) is -0.162.